The SMILES string of the molecule is C/C=C/C(=C/C)CCCCCCCC.S. The van der Waals surface area contributed by atoms with E-state index in [2.05, 4.69) is 39.0 Å². The van der Waals surface area contributed by atoms with Crippen LogP contribution in [0.2, 0.25) is 0 Å². The van der Waals surface area contributed by atoms with Gasteiger partial charge in [-0.1, -0.05) is 62.8 Å². The maximum atomic E-state index is 2.27. The zero-order valence-corrected chi connectivity index (χ0v) is 11.7. The molecule has 0 nitrogen and oxygen atoms in total. The van der Waals surface area contributed by atoms with Gasteiger partial charge >= 0.3 is 0 Å². The van der Waals surface area contributed by atoms with Crippen LogP contribution in [0.1, 0.15) is 65.7 Å². The molecule has 0 aromatic carbocycles. The minimum Gasteiger partial charge on any atom is -0.197 e. The number of unbranched alkanes of at least 4 members (excludes halogenated alkanes) is 5. The van der Waals surface area contributed by atoms with Crippen molar-refractivity contribution in [3.63, 3.8) is 0 Å². The summed E-state index contributed by atoms with van der Waals surface area (Å²) in [6.07, 6.45) is 16.2. The maximum absolute atomic E-state index is 2.27. The average molecular weight is 228 g/mol. The van der Waals surface area contributed by atoms with Crippen molar-refractivity contribution in [1.29, 1.82) is 0 Å². The van der Waals surface area contributed by atoms with Crippen LogP contribution in [0.25, 0.3) is 0 Å². The van der Waals surface area contributed by atoms with Crippen molar-refractivity contribution in [3.05, 3.63) is 23.8 Å². The van der Waals surface area contributed by atoms with Crippen molar-refractivity contribution < 1.29 is 0 Å². The van der Waals surface area contributed by atoms with Crippen LogP contribution in [0.4, 0.5) is 0 Å². The minimum absolute atomic E-state index is 0. The van der Waals surface area contributed by atoms with E-state index in [0.717, 1.165) is 0 Å². The van der Waals surface area contributed by atoms with Crippen LogP contribution >= 0.6 is 13.5 Å². The van der Waals surface area contributed by atoms with Crippen LogP contribution in [0.3, 0.4) is 0 Å². The van der Waals surface area contributed by atoms with E-state index < -0.39 is 0 Å². The number of hydrogen-bond acceptors (Lipinski definition) is 0. The number of rotatable bonds is 8. The van der Waals surface area contributed by atoms with Gasteiger partial charge in [0.25, 0.3) is 0 Å². The molecule has 0 atom stereocenters. The predicted octanol–water partition coefficient (Wildman–Crippen LogP) is 5.37. The Hall–Kier alpha value is -0.170. The summed E-state index contributed by atoms with van der Waals surface area (Å²) in [7, 11) is 0. The molecule has 0 aliphatic heterocycles. The van der Waals surface area contributed by atoms with E-state index in [-0.39, 0.29) is 13.5 Å². The highest BCUT2D eigenvalue weighted by Crippen LogP contribution is 2.12. The second-order valence-corrected chi connectivity index (χ2v) is 3.88. The molecule has 0 fully saturated rings. The van der Waals surface area contributed by atoms with Crippen LogP contribution in [0, 0.1) is 0 Å². The first kappa shape index (κ1) is 17.2. The van der Waals surface area contributed by atoms with Gasteiger partial charge in [-0.05, 0) is 26.7 Å². The molecule has 0 amide bonds. The molecule has 0 aromatic heterocycles. The number of hydrogen-bond donors (Lipinski definition) is 0. The van der Waals surface area contributed by atoms with E-state index >= 15 is 0 Å². The van der Waals surface area contributed by atoms with E-state index in [1.165, 1.54) is 50.5 Å². The third kappa shape index (κ3) is 11.8. The molecule has 0 radical (unpaired) electrons. The molecule has 1 heteroatoms. The topological polar surface area (TPSA) is 0 Å². The fourth-order valence-electron chi connectivity index (χ4n) is 1.65. The normalized spacial score (nSPS) is 11.8. The summed E-state index contributed by atoms with van der Waals surface area (Å²) in [4.78, 5) is 0. The standard InChI is InChI=1S/C14H26.H2S/c1-4-7-8-9-10-11-13-14(6-3)12-5-2;/h5-6,12H,4,7-11,13H2,1-3H3;1H2/b12-5+,14-6-;. The Kier molecular flexibility index (Phi) is 15.9. The highest BCUT2D eigenvalue weighted by molar-refractivity contribution is 7.59. The zero-order valence-electron chi connectivity index (χ0n) is 10.7. The summed E-state index contributed by atoms with van der Waals surface area (Å²) in [5, 5.41) is 0. The van der Waals surface area contributed by atoms with E-state index in [0.29, 0.717) is 0 Å². The predicted molar refractivity (Wildman–Crippen MR) is 76.9 cm³/mol. The molecular weight excluding hydrogens is 200 g/mol. The highest BCUT2D eigenvalue weighted by Gasteiger charge is 1.92. The Morgan fingerprint density at radius 1 is 0.933 bits per heavy atom. The third-order valence-electron chi connectivity index (χ3n) is 2.57. The molecule has 0 aliphatic rings. The van der Waals surface area contributed by atoms with Crippen LogP contribution < -0.4 is 0 Å². The molecule has 0 saturated carbocycles. The monoisotopic (exact) mass is 228 g/mol. The fourth-order valence-corrected chi connectivity index (χ4v) is 1.65. The molecule has 0 spiro atoms. The fraction of sp³-hybridized carbons (Fsp3) is 0.714. The Labute approximate surface area is 103 Å². The summed E-state index contributed by atoms with van der Waals surface area (Å²) >= 11 is 0. The van der Waals surface area contributed by atoms with Crippen LogP contribution in [-0.2, 0) is 0 Å². The quantitative estimate of drug-likeness (QED) is 0.387. The first-order valence-corrected chi connectivity index (χ1v) is 6.13. The summed E-state index contributed by atoms with van der Waals surface area (Å²) in [6.45, 7) is 6.49. The lowest BCUT2D eigenvalue weighted by atomic mass is 10.0. The molecule has 0 aromatic rings. The van der Waals surface area contributed by atoms with E-state index in [9.17, 15) is 0 Å². The van der Waals surface area contributed by atoms with E-state index in [1.807, 2.05) is 0 Å². The van der Waals surface area contributed by atoms with Gasteiger partial charge in [0.2, 0.25) is 0 Å². The molecule has 0 heterocycles. The van der Waals surface area contributed by atoms with Gasteiger partial charge in [-0.25, -0.2) is 0 Å². The van der Waals surface area contributed by atoms with E-state index in [4.69, 9.17) is 0 Å². The molecule has 0 rings (SSSR count). The molecule has 0 N–H and O–H groups in total. The van der Waals surface area contributed by atoms with Gasteiger partial charge < -0.3 is 0 Å². The Morgan fingerprint density at radius 3 is 2.07 bits per heavy atom. The summed E-state index contributed by atoms with van der Waals surface area (Å²) < 4.78 is 0. The highest BCUT2D eigenvalue weighted by atomic mass is 32.1. The van der Waals surface area contributed by atoms with Gasteiger partial charge in [0, 0.05) is 0 Å². The lowest BCUT2D eigenvalue weighted by Crippen LogP contribution is -1.82. The van der Waals surface area contributed by atoms with Gasteiger partial charge in [-0.2, -0.15) is 13.5 Å². The Bertz CT molecular complexity index is 168. The second kappa shape index (κ2) is 13.8. The lowest BCUT2D eigenvalue weighted by Gasteiger charge is -2.01. The van der Waals surface area contributed by atoms with Crippen molar-refractivity contribution >= 4 is 13.5 Å². The molecule has 0 bridgehead atoms. The Balaban J connectivity index is 0. The van der Waals surface area contributed by atoms with Gasteiger partial charge in [0.05, 0.1) is 0 Å². The van der Waals surface area contributed by atoms with Gasteiger partial charge in [0.15, 0.2) is 0 Å². The minimum atomic E-state index is 0. The molecule has 0 aliphatic carbocycles. The van der Waals surface area contributed by atoms with Crippen LogP contribution in [-0.4, -0.2) is 0 Å². The largest absolute Gasteiger partial charge is 0.197 e. The van der Waals surface area contributed by atoms with Crippen molar-refractivity contribution in [2.45, 2.75) is 65.7 Å². The molecule has 0 unspecified atom stereocenters. The maximum Gasteiger partial charge on any atom is -0.0282 e. The summed E-state index contributed by atoms with van der Waals surface area (Å²) in [6, 6.07) is 0. The van der Waals surface area contributed by atoms with Crippen LogP contribution in [0.5, 0.6) is 0 Å². The average Bonchev–Trinajstić information content (AvgIpc) is 2.21. The zero-order chi connectivity index (χ0) is 10.6. The number of allylic oxidation sites excluding steroid dienone is 4. The molecule has 0 saturated heterocycles. The first-order chi connectivity index (χ1) is 6.85. The van der Waals surface area contributed by atoms with Crippen molar-refractivity contribution in [1.82, 2.24) is 0 Å². The molecule has 15 heavy (non-hydrogen) atoms. The lowest BCUT2D eigenvalue weighted by molar-refractivity contribution is 0.608. The second-order valence-electron chi connectivity index (χ2n) is 3.88. The molecule has 90 valence electrons. The summed E-state index contributed by atoms with van der Waals surface area (Å²) in [5.41, 5.74) is 1.49. The van der Waals surface area contributed by atoms with Gasteiger partial charge in [-0.3, -0.25) is 0 Å². The summed E-state index contributed by atoms with van der Waals surface area (Å²) in [5.74, 6) is 0. The Morgan fingerprint density at radius 2 is 1.53 bits per heavy atom. The van der Waals surface area contributed by atoms with Crippen molar-refractivity contribution in [3.8, 4) is 0 Å². The smallest absolute Gasteiger partial charge is 0.0282 e. The molecular formula is C14H28S. The van der Waals surface area contributed by atoms with Crippen molar-refractivity contribution in [2.75, 3.05) is 0 Å². The van der Waals surface area contributed by atoms with Gasteiger partial charge in [0.1, 0.15) is 0 Å². The van der Waals surface area contributed by atoms with E-state index in [1.54, 1.807) is 0 Å². The van der Waals surface area contributed by atoms with Crippen LogP contribution in [0.15, 0.2) is 23.8 Å². The third-order valence-corrected chi connectivity index (χ3v) is 2.57. The van der Waals surface area contributed by atoms with Gasteiger partial charge in [-0.15, -0.1) is 0 Å². The first-order valence-electron chi connectivity index (χ1n) is 6.13. The van der Waals surface area contributed by atoms with Crippen molar-refractivity contribution in [2.24, 2.45) is 0 Å².